The molecule has 27 heavy (non-hydrogen) atoms. The van der Waals surface area contributed by atoms with Gasteiger partial charge in [0.2, 0.25) is 5.91 Å². The first kappa shape index (κ1) is 20.6. The van der Waals surface area contributed by atoms with E-state index in [4.69, 9.17) is 10.6 Å². The van der Waals surface area contributed by atoms with Gasteiger partial charge in [-0.3, -0.25) is 14.4 Å². The summed E-state index contributed by atoms with van der Waals surface area (Å²) in [6.45, 7) is 2.57. The highest BCUT2D eigenvalue weighted by Gasteiger charge is 2.13. The number of benzene rings is 2. The van der Waals surface area contributed by atoms with Crippen LogP contribution in [0.5, 0.6) is 0 Å². The molecule has 0 unspecified atom stereocenters. The molecule has 0 spiro atoms. The van der Waals surface area contributed by atoms with Crippen molar-refractivity contribution in [2.24, 2.45) is 5.73 Å². The van der Waals surface area contributed by atoms with Gasteiger partial charge in [-0.1, -0.05) is 61.5 Å². The molecule has 2 aromatic rings. The molecule has 0 fully saturated rings. The number of carbonyl (C=O) groups is 2. The number of rotatable bonds is 10. The third-order valence-corrected chi connectivity index (χ3v) is 4.17. The molecule has 0 radical (unpaired) electrons. The van der Waals surface area contributed by atoms with E-state index in [0.717, 1.165) is 23.1 Å². The molecular weight excluding hydrogens is 342 g/mol. The van der Waals surface area contributed by atoms with Gasteiger partial charge >= 0.3 is 0 Å². The molecule has 0 aromatic heterocycles. The molecule has 2 amide bonds. The molecule has 0 aliphatic rings. The summed E-state index contributed by atoms with van der Waals surface area (Å²) in [5, 5.41) is 2.82. The SMILES string of the molecule is CCC(=O)NCc1ccc(CONC(=O)[C@H](N)CCc2ccccc2)cc1. The van der Waals surface area contributed by atoms with Gasteiger partial charge in [-0.15, -0.1) is 0 Å². The lowest BCUT2D eigenvalue weighted by Gasteiger charge is -2.12. The summed E-state index contributed by atoms with van der Waals surface area (Å²) in [5.41, 5.74) is 11.4. The standard InChI is InChI=1S/C21H27N3O3/c1-2-20(25)23-14-17-8-10-18(11-9-17)15-27-24-21(26)19(22)13-12-16-6-4-3-5-7-16/h3-11,19H,2,12-15,22H2,1H3,(H,23,25)(H,24,26)/t19-/m1/s1. The summed E-state index contributed by atoms with van der Waals surface area (Å²) in [4.78, 5) is 28.5. The molecule has 0 saturated heterocycles. The molecule has 6 heteroatoms. The Morgan fingerprint density at radius 1 is 1.00 bits per heavy atom. The van der Waals surface area contributed by atoms with E-state index >= 15 is 0 Å². The maximum atomic E-state index is 12.0. The van der Waals surface area contributed by atoms with Crippen LogP contribution in [0.3, 0.4) is 0 Å². The number of hydrogen-bond donors (Lipinski definition) is 3. The summed E-state index contributed by atoms with van der Waals surface area (Å²) >= 11 is 0. The quantitative estimate of drug-likeness (QED) is 0.560. The predicted octanol–water partition coefficient (Wildman–Crippen LogP) is 2.22. The van der Waals surface area contributed by atoms with Crippen molar-refractivity contribution in [3.63, 3.8) is 0 Å². The van der Waals surface area contributed by atoms with Crippen LogP contribution in [0.2, 0.25) is 0 Å². The van der Waals surface area contributed by atoms with Crippen LogP contribution in [0.1, 0.15) is 36.5 Å². The van der Waals surface area contributed by atoms with Crippen molar-refractivity contribution in [3.05, 3.63) is 71.3 Å². The van der Waals surface area contributed by atoms with Crippen LogP contribution in [-0.4, -0.2) is 17.9 Å². The Balaban J connectivity index is 1.67. The third kappa shape index (κ3) is 7.60. The van der Waals surface area contributed by atoms with Crippen LogP contribution in [0.25, 0.3) is 0 Å². The average molecular weight is 369 g/mol. The molecule has 6 nitrogen and oxygen atoms in total. The molecule has 144 valence electrons. The Labute approximate surface area is 160 Å². The van der Waals surface area contributed by atoms with Crippen molar-refractivity contribution in [3.8, 4) is 0 Å². The second-order valence-electron chi connectivity index (χ2n) is 6.33. The van der Waals surface area contributed by atoms with Crippen molar-refractivity contribution in [2.45, 2.75) is 45.4 Å². The third-order valence-electron chi connectivity index (χ3n) is 4.17. The summed E-state index contributed by atoms with van der Waals surface area (Å²) in [5.74, 6) is -0.307. The van der Waals surface area contributed by atoms with Gasteiger partial charge in [0.05, 0.1) is 12.6 Å². The number of carbonyl (C=O) groups excluding carboxylic acids is 2. The van der Waals surface area contributed by atoms with Gasteiger partial charge in [-0.05, 0) is 29.5 Å². The van der Waals surface area contributed by atoms with E-state index in [1.165, 1.54) is 0 Å². The Hall–Kier alpha value is -2.70. The van der Waals surface area contributed by atoms with Crippen molar-refractivity contribution < 1.29 is 14.4 Å². The van der Waals surface area contributed by atoms with Gasteiger partial charge in [-0.2, -0.15) is 0 Å². The van der Waals surface area contributed by atoms with E-state index in [2.05, 4.69) is 10.8 Å². The van der Waals surface area contributed by atoms with Gasteiger partial charge in [0.15, 0.2) is 0 Å². The minimum Gasteiger partial charge on any atom is -0.352 e. The second-order valence-corrected chi connectivity index (χ2v) is 6.33. The van der Waals surface area contributed by atoms with Gasteiger partial charge in [-0.25, -0.2) is 5.48 Å². The number of aryl methyl sites for hydroxylation is 1. The Morgan fingerprint density at radius 3 is 2.33 bits per heavy atom. The van der Waals surface area contributed by atoms with Crippen LogP contribution >= 0.6 is 0 Å². The zero-order valence-corrected chi connectivity index (χ0v) is 15.6. The number of hydroxylamine groups is 1. The van der Waals surface area contributed by atoms with Crippen molar-refractivity contribution in [2.75, 3.05) is 0 Å². The molecule has 0 aliphatic heterocycles. The summed E-state index contributed by atoms with van der Waals surface area (Å²) < 4.78 is 0. The van der Waals surface area contributed by atoms with Crippen LogP contribution in [0.15, 0.2) is 54.6 Å². The van der Waals surface area contributed by atoms with Crippen LogP contribution < -0.4 is 16.5 Å². The van der Waals surface area contributed by atoms with Crippen LogP contribution in [-0.2, 0) is 34.0 Å². The first-order valence-corrected chi connectivity index (χ1v) is 9.14. The van der Waals surface area contributed by atoms with E-state index in [0.29, 0.717) is 19.4 Å². The number of hydrogen-bond acceptors (Lipinski definition) is 4. The Bertz CT molecular complexity index is 717. The highest BCUT2D eigenvalue weighted by atomic mass is 16.6. The fourth-order valence-electron chi connectivity index (χ4n) is 2.44. The summed E-state index contributed by atoms with van der Waals surface area (Å²) in [7, 11) is 0. The van der Waals surface area contributed by atoms with E-state index in [-0.39, 0.29) is 18.4 Å². The van der Waals surface area contributed by atoms with Crippen molar-refractivity contribution >= 4 is 11.8 Å². The summed E-state index contributed by atoms with van der Waals surface area (Å²) in [6.07, 6.45) is 1.77. The van der Waals surface area contributed by atoms with Gasteiger partial charge in [0.1, 0.15) is 0 Å². The molecule has 0 bridgehead atoms. The zero-order valence-electron chi connectivity index (χ0n) is 15.6. The molecule has 4 N–H and O–H groups in total. The topological polar surface area (TPSA) is 93.5 Å². The maximum absolute atomic E-state index is 12.0. The van der Waals surface area contributed by atoms with Gasteiger partial charge < -0.3 is 11.1 Å². The average Bonchev–Trinajstić information content (AvgIpc) is 2.71. The minimum absolute atomic E-state index is 0.0220. The number of nitrogens with one attached hydrogen (secondary N) is 2. The lowest BCUT2D eigenvalue weighted by Crippen LogP contribution is -2.40. The molecule has 2 aromatic carbocycles. The zero-order chi connectivity index (χ0) is 19.5. The van der Waals surface area contributed by atoms with Crippen LogP contribution in [0.4, 0.5) is 0 Å². The molecule has 1 atom stereocenters. The molecule has 0 aliphatic carbocycles. The molecular formula is C21H27N3O3. The fraction of sp³-hybridized carbons (Fsp3) is 0.333. The monoisotopic (exact) mass is 369 g/mol. The lowest BCUT2D eigenvalue weighted by atomic mass is 10.1. The molecule has 0 saturated carbocycles. The van der Waals surface area contributed by atoms with E-state index < -0.39 is 6.04 Å². The first-order valence-electron chi connectivity index (χ1n) is 9.14. The fourth-order valence-corrected chi connectivity index (χ4v) is 2.44. The minimum atomic E-state index is -0.616. The normalized spacial score (nSPS) is 11.6. The van der Waals surface area contributed by atoms with Crippen LogP contribution in [0, 0.1) is 0 Å². The molecule has 0 heterocycles. The smallest absolute Gasteiger partial charge is 0.260 e. The van der Waals surface area contributed by atoms with E-state index in [1.807, 2.05) is 61.5 Å². The van der Waals surface area contributed by atoms with Crippen molar-refractivity contribution in [1.82, 2.24) is 10.8 Å². The predicted molar refractivity (Wildman–Crippen MR) is 104 cm³/mol. The number of nitrogens with two attached hydrogens (primary N) is 1. The molecule has 2 rings (SSSR count). The highest BCUT2D eigenvalue weighted by molar-refractivity contribution is 5.80. The highest BCUT2D eigenvalue weighted by Crippen LogP contribution is 2.06. The lowest BCUT2D eigenvalue weighted by molar-refractivity contribution is -0.136. The van der Waals surface area contributed by atoms with E-state index in [1.54, 1.807) is 0 Å². The van der Waals surface area contributed by atoms with Gasteiger partial charge in [0, 0.05) is 13.0 Å². The van der Waals surface area contributed by atoms with E-state index in [9.17, 15) is 9.59 Å². The largest absolute Gasteiger partial charge is 0.352 e. The van der Waals surface area contributed by atoms with Crippen molar-refractivity contribution in [1.29, 1.82) is 0 Å². The second kappa shape index (κ2) is 11.1. The Kier molecular flexibility index (Phi) is 8.48. The summed E-state index contributed by atoms with van der Waals surface area (Å²) in [6, 6.07) is 16.9. The Morgan fingerprint density at radius 2 is 1.67 bits per heavy atom. The number of amides is 2. The maximum Gasteiger partial charge on any atom is 0.260 e. The first-order chi connectivity index (χ1) is 13.1. The van der Waals surface area contributed by atoms with Gasteiger partial charge in [0.25, 0.3) is 5.91 Å².